The van der Waals surface area contributed by atoms with E-state index < -0.39 is 11.8 Å². The Bertz CT molecular complexity index is 576. The summed E-state index contributed by atoms with van der Waals surface area (Å²) in [6, 6.07) is 11.0. The molecule has 0 aliphatic carbocycles. The van der Waals surface area contributed by atoms with Crippen LogP contribution in [0.4, 0.5) is 4.39 Å². The van der Waals surface area contributed by atoms with Crippen molar-refractivity contribution >= 4 is 17.6 Å². The fraction of sp³-hybridized carbons (Fsp3) is 0.0714. The van der Waals surface area contributed by atoms with Crippen LogP contribution in [0.25, 0.3) is 11.1 Å². The first-order valence-corrected chi connectivity index (χ1v) is 5.63. The van der Waals surface area contributed by atoms with Gasteiger partial charge in [-0.3, -0.25) is 0 Å². The second-order valence-corrected chi connectivity index (χ2v) is 4.13. The van der Waals surface area contributed by atoms with E-state index in [1.807, 2.05) is 0 Å². The lowest BCUT2D eigenvalue weighted by Crippen LogP contribution is -2.03. The predicted octanol–water partition coefficient (Wildman–Crippen LogP) is 3.93. The highest BCUT2D eigenvalue weighted by Crippen LogP contribution is 2.27. The molecule has 0 radical (unpaired) electrons. The number of hydrogen-bond acceptors (Lipinski definition) is 2. The Morgan fingerprint density at radius 1 is 1.22 bits per heavy atom. The number of hydrogen-bond donors (Lipinski definition) is 0. The Labute approximate surface area is 109 Å². The third-order valence-corrected chi connectivity index (χ3v) is 2.72. The van der Waals surface area contributed by atoms with E-state index in [1.165, 1.54) is 19.2 Å². The topological polar surface area (TPSA) is 26.3 Å². The molecule has 0 aromatic heterocycles. The molecule has 0 heterocycles. The Morgan fingerprint density at radius 2 is 1.94 bits per heavy atom. The summed E-state index contributed by atoms with van der Waals surface area (Å²) in [4.78, 5) is 11.6. The highest BCUT2D eigenvalue weighted by Gasteiger charge is 2.13. The molecule has 2 aromatic rings. The fourth-order valence-electron chi connectivity index (χ4n) is 1.73. The summed E-state index contributed by atoms with van der Waals surface area (Å²) >= 11 is 5.81. The van der Waals surface area contributed by atoms with Crippen molar-refractivity contribution in [2.45, 2.75) is 0 Å². The number of ether oxygens (including phenoxy) is 1. The molecule has 0 atom stereocenters. The van der Waals surface area contributed by atoms with E-state index in [0.29, 0.717) is 16.7 Å². The third-order valence-electron chi connectivity index (χ3n) is 2.51. The van der Waals surface area contributed by atoms with E-state index in [4.69, 9.17) is 16.3 Å². The van der Waals surface area contributed by atoms with Gasteiger partial charge in [-0.25, -0.2) is 9.18 Å². The van der Waals surface area contributed by atoms with E-state index in [-0.39, 0.29) is 5.02 Å². The maximum Gasteiger partial charge on any atom is 0.338 e. The van der Waals surface area contributed by atoms with Crippen LogP contribution in [0, 0.1) is 5.82 Å². The Balaban J connectivity index is 2.60. The first kappa shape index (κ1) is 12.6. The van der Waals surface area contributed by atoms with Gasteiger partial charge in [-0.15, -0.1) is 0 Å². The summed E-state index contributed by atoms with van der Waals surface area (Å²) in [6.07, 6.45) is 0. The SMILES string of the molecule is COC(=O)c1ccccc1-c1cc(F)cc(Cl)c1. The van der Waals surface area contributed by atoms with Crippen molar-refractivity contribution in [1.82, 2.24) is 0 Å². The lowest BCUT2D eigenvalue weighted by atomic mass is 10.00. The van der Waals surface area contributed by atoms with E-state index in [1.54, 1.807) is 30.3 Å². The standard InChI is InChI=1S/C14H10ClFO2/c1-18-14(17)13-5-3-2-4-12(13)9-6-10(15)8-11(16)7-9/h2-8H,1H3. The second kappa shape index (κ2) is 5.19. The van der Waals surface area contributed by atoms with Crippen molar-refractivity contribution in [3.8, 4) is 11.1 Å². The molecular weight excluding hydrogens is 255 g/mol. The average Bonchev–Trinajstić information content (AvgIpc) is 2.36. The number of carbonyl (C=O) groups excluding carboxylic acids is 1. The zero-order valence-electron chi connectivity index (χ0n) is 9.61. The number of rotatable bonds is 2. The van der Waals surface area contributed by atoms with Crippen LogP contribution < -0.4 is 0 Å². The van der Waals surface area contributed by atoms with Gasteiger partial charge >= 0.3 is 5.97 Å². The van der Waals surface area contributed by atoms with Crippen LogP contribution in [0.15, 0.2) is 42.5 Å². The Hall–Kier alpha value is -1.87. The maximum absolute atomic E-state index is 13.3. The summed E-state index contributed by atoms with van der Waals surface area (Å²) in [5.74, 6) is -0.914. The van der Waals surface area contributed by atoms with Gasteiger partial charge in [0.15, 0.2) is 0 Å². The molecular formula is C14H10ClFO2. The largest absolute Gasteiger partial charge is 0.465 e. The normalized spacial score (nSPS) is 10.2. The summed E-state index contributed by atoms with van der Waals surface area (Å²) in [5, 5.41) is 0.282. The maximum atomic E-state index is 13.3. The highest BCUT2D eigenvalue weighted by atomic mass is 35.5. The lowest BCUT2D eigenvalue weighted by molar-refractivity contribution is 0.0601. The molecule has 0 unspecified atom stereocenters. The van der Waals surface area contributed by atoms with Crippen molar-refractivity contribution < 1.29 is 13.9 Å². The predicted molar refractivity (Wildman–Crippen MR) is 68.2 cm³/mol. The molecule has 18 heavy (non-hydrogen) atoms. The molecule has 0 N–H and O–H groups in total. The molecule has 0 fully saturated rings. The molecule has 0 amide bonds. The molecule has 0 aliphatic rings. The highest BCUT2D eigenvalue weighted by molar-refractivity contribution is 6.30. The van der Waals surface area contributed by atoms with Crippen molar-refractivity contribution in [2.24, 2.45) is 0 Å². The molecule has 0 saturated carbocycles. The van der Waals surface area contributed by atoms with Crippen molar-refractivity contribution in [1.29, 1.82) is 0 Å². The van der Waals surface area contributed by atoms with Crippen LogP contribution in [0.1, 0.15) is 10.4 Å². The summed E-state index contributed by atoms with van der Waals surface area (Å²) < 4.78 is 18.0. The van der Waals surface area contributed by atoms with Gasteiger partial charge in [-0.1, -0.05) is 29.8 Å². The minimum atomic E-state index is -0.467. The van der Waals surface area contributed by atoms with E-state index in [2.05, 4.69) is 0 Å². The van der Waals surface area contributed by atoms with Gasteiger partial charge in [0.25, 0.3) is 0 Å². The zero-order valence-corrected chi connectivity index (χ0v) is 10.4. The molecule has 2 rings (SSSR count). The number of halogens is 2. The summed E-state index contributed by atoms with van der Waals surface area (Å²) in [6.45, 7) is 0. The summed E-state index contributed by atoms with van der Waals surface area (Å²) in [5.41, 5.74) is 1.51. The molecule has 0 bridgehead atoms. The van der Waals surface area contributed by atoms with Gasteiger partial charge in [0.2, 0.25) is 0 Å². The van der Waals surface area contributed by atoms with E-state index in [9.17, 15) is 9.18 Å². The minimum absolute atomic E-state index is 0.282. The van der Waals surface area contributed by atoms with Crippen LogP contribution in [0.5, 0.6) is 0 Å². The monoisotopic (exact) mass is 264 g/mol. The zero-order chi connectivity index (χ0) is 13.1. The van der Waals surface area contributed by atoms with Crippen molar-refractivity contribution in [3.05, 3.63) is 58.9 Å². The Morgan fingerprint density at radius 3 is 2.61 bits per heavy atom. The third kappa shape index (κ3) is 2.51. The van der Waals surface area contributed by atoms with Crippen molar-refractivity contribution in [2.75, 3.05) is 7.11 Å². The number of esters is 1. The first-order valence-electron chi connectivity index (χ1n) is 5.25. The number of methoxy groups -OCH3 is 1. The quantitative estimate of drug-likeness (QED) is 0.768. The van der Waals surface area contributed by atoms with Crippen LogP contribution in [0.3, 0.4) is 0 Å². The van der Waals surface area contributed by atoms with E-state index in [0.717, 1.165) is 0 Å². The van der Waals surface area contributed by atoms with Crippen LogP contribution in [-0.4, -0.2) is 13.1 Å². The van der Waals surface area contributed by atoms with Gasteiger partial charge in [-0.2, -0.15) is 0 Å². The molecule has 2 aromatic carbocycles. The smallest absolute Gasteiger partial charge is 0.338 e. The second-order valence-electron chi connectivity index (χ2n) is 3.70. The van der Waals surface area contributed by atoms with Gasteiger partial charge in [-0.05, 0) is 35.4 Å². The minimum Gasteiger partial charge on any atom is -0.465 e. The molecule has 4 heteroatoms. The van der Waals surface area contributed by atoms with Crippen molar-refractivity contribution in [3.63, 3.8) is 0 Å². The molecule has 2 nitrogen and oxygen atoms in total. The first-order chi connectivity index (χ1) is 8.61. The molecule has 0 aliphatic heterocycles. The van der Waals surface area contributed by atoms with Gasteiger partial charge in [0.1, 0.15) is 5.82 Å². The van der Waals surface area contributed by atoms with Gasteiger partial charge in [0, 0.05) is 5.02 Å². The van der Waals surface area contributed by atoms with Gasteiger partial charge < -0.3 is 4.74 Å². The van der Waals surface area contributed by atoms with Crippen LogP contribution in [-0.2, 0) is 4.74 Å². The number of benzene rings is 2. The fourth-order valence-corrected chi connectivity index (χ4v) is 1.95. The molecule has 92 valence electrons. The van der Waals surface area contributed by atoms with Crippen LogP contribution >= 0.6 is 11.6 Å². The molecule has 0 saturated heterocycles. The van der Waals surface area contributed by atoms with Crippen LogP contribution in [0.2, 0.25) is 5.02 Å². The molecule has 0 spiro atoms. The summed E-state index contributed by atoms with van der Waals surface area (Å²) in [7, 11) is 1.30. The van der Waals surface area contributed by atoms with Gasteiger partial charge in [0.05, 0.1) is 12.7 Å². The Kier molecular flexibility index (Phi) is 3.63. The average molecular weight is 265 g/mol. The lowest BCUT2D eigenvalue weighted by Gasteiger charge is -2.08. The number of carbonyl (C=O) groups is 1. The van der Waals surface area contributed by atoms with E-state index >= 15 is 0 Å².